The van der Waals surface area contributed by atoms with Crippen LogP contribution in [0, 0.1) is 0 Å². The second-order valence-electron chi connectivity index (χ2n) is 3.99. The van der Waals surface area contributed by atoms with Gasteiger partial charge in [-0.05, 0) is 19.4 Å². The van der Waals surface area contributed by atoms with E-state index in [9.17, 15) is 4.79 Å². The third kappa shape index (κ3) is 2.24. The van der Waals surface area contributed by atoms with E-state index in [1.54, 1.807) is 0 Å². The maximum absolute atomic E-state index is 11.6. The molecule has 1 aliphatic rings. The molecule has 16 heavy (non-hydrogen) atoms. The van der Waals surface area contributed by atoms with Crippen LogP contribution in [0.15, 0.2) is 4.79 Å². The summed E-state index contributed by atoms with van der Waals surface area (Å²) in [5, 5.41) is 13.3. The minimum absolute atomic E-state index is 0.0469. The van der Waals surface area contributed by atoms with Crippen molar-refractivity contribution in [2.75, 3.05) is 25.0 Å². The van der Waals surface area contributed by atoms with Gasteiger partial charge in [0.2, 0.25) is 0 Å². The van der Waals surface area contributed by atoms with Gasteiger partial charge in [-0.2, -0.15) is 5.10 Å². The summed E-state index contributed by atoms with van der Waals surface area (Å²) in [6, 6.07) is 0. The smallest absolute Gasteiger partial charge is 0.269 e. The minimum atomic E-state index is -0.0469. The summed E-state index contributed by atoms with van der Waals surface area (Å²) >= 11 is 0. The number of anilines is 1. The Kier molecular flexibility index (Phi) is 3.56. The van der Waals surface area contributed by atoms with Crippen molar-refractivity contribution in [3.05, 3.63) is 21.6 Å². The van der Waals surface area contributed by atoms with Crippen molar-refractivity contribution in [1.82, 2.24) is 15.5 Å². The highest BCUT2D eigenvalue weighted by molar-refractivity contribution is 5.55. The Morgan fingerprint density at radius 1 is 1.50 bits per heavy atom. The first-order chi connectivity index (χ1) is 7.83. The van der Waals surface area contributed by atoms with E-state index in [2.05, 4.69) is 27.8 Å². The highest BCUT2D eigenvalue weighted by Gasteiger charge is 2.16. The van der Waals surface area contributed by atoms with Crippen molar-refractivity contribution in [3.63, 3.8) is 0 Å². The van der Waals surface area contributed by atoms with Crippen molar-refractivity contribution in [3.8, 4) is 0 Å². The fraction of sp³-hybridized carbons (Fsp3) is 0.636. The molecule has 88 valence electrons. The monoisotopic (exact) mass is 222 g/mol. The van der Waals surface area contributed by atoms with E-state index in [0.29, 0.717) is 0 Å². The molecule has 1 aromatic heterocycles. The minimum Gasteiger partial charge on any atom is -0.383 e. The molecule has 2 rings (SSSR count). The Morgan fingerprint density at radius 2 is 2.38 bits per heavy atom. The van der Waals surface area contributed by atoms with Gasteiger partial charge < -0.3 is 10.6 Å². The maximum Gasteiger partial charge on any atom is 0.269 e. The molecule has 0 radical (unpaired) electrons. The van der Waals surface area contributed by atoms with Crippen LogP contribution in [0.3, 0.4) is 0 Å². The van der Waals surface area contributed by atoms with Crippen molar-refractivity contribution < 1.29 is 0 Å². The lowest BCUT2D eigenvalue weighted by atomic mass is 10.0. The molecule has 5 heteroatoms. The number of nitrogens with zero attached hydrogens (tertiary/aromatic N) is 1. The normalized spacial score (nSPS) is 14.3. The molecule has 5 nitrogen and oxygen atoms in total. The molecule has 0 fully saturated rings. The molecule has 0 bridgehead atoms. The number of rotatable bonds is 4. The quantitative estimate of drug-likeness (QED) is 0.640. The topological polar surface area (TPSA) is 69.8 Å². The number of hydrogen-bond acceptors (Lipinski definition) is 4. The first-order valence-corrected chi connectivity index (χ1v) is 5.88. The molecule has 0 amide bonds. The Morgan fingerprint density at radius 3 is 3.19 bits per heavy atom. The van der Waals surface area contributed by atoms with Crippen molar-refractivity contribution in [2.24, 2.45) is 0 Å². The zero-order valence-electron chi connectivity index (χ0n) is 9.60. The highest BCUT2D eigenvalue weighted by atomic mass is 16.1. The summed E-state index contributed by atoms with van der Waals surface area (Å²) in [6.45, 7) is 4.86. The Labute approximate surface area is 94.6 Å². The van der Waals surface area contributed by atoms with Gasteiger partial charge in [-0.3, -0.25) is 4.79 Å². The molecule has 0 atom stereocenters. The number of aromatic nitrogens is 2. The molecule has 0 aromatic carbocycles. The fourth-order valence-electron chi connectivity index (χ4n) is 2.02. The van der Waals surface area contributed by atoms with Gasteiger partial charge >= 0.3 is 0 Å². The second kappa shape index (κ2) is 5.12. The number of hydrogen-bond donors (Lipinski definition) is 3. The summed E-state index contributed by atoms with van der Waals surface area (Å²) in [5.41, 5.74) is 2.75. The zero-order valence-corrected chi connectivity index (χ0v) is 9.60. The fourth-order valence-corrected chi connectivity index (χ4v) is 2.02. The number of fused-ring (bicyclic) bond motifs is 1. The molecule has 0 spiro atoms. The van der Waals surface area contributed by atoms with E-state index in [4.69, 9.17) is 0 Å². The van der Waals surface area contributed by atoms with Crippen LogP contribution in [0.2, 0.25) is 0 Å². The second-order valence-corrected chi connectivity index (χ2v) is 3.99. The third-order valence-corrected chi connectivity index (χ3v) is 2.85. The van der Waals surface area contributed by atoms with E-state index in [1.165, 1.54) is 0 Å². The van der Waals surface area contributed by atoms with Gasteiger partial charge in [-0.15, -0.1) is 0 Å². The summed E-state index contributed by atoms with van der Waals surface area (Å²) < 4.78 is 0. The molecule has 0 aliphatic carbocycles. The molecular weight excluding hydrogens is 204 g/mol. The van der Waals surface area contributed by atoms with Gasteiger partial charge in [0.15, 0.2) is 0 Å². The molecule has 0 saturated carbocycles. The van der Waals surface area contributed by atoms with E-state index >= 15 is 0 Å². The molecule has 2 heterocycles. The van der Waals surface area contributed by atoms with E-state index in [1.807, 2.05) is 0 Å². The molecule has 0 unspecified atom stereocenters. The summed E-state index contributed by atoms with van der Waals surface area (Å²) in [4.78, 5) is 11.6. The predicted molar refractivity (Wildman–Crippen MR) is 63.9 cm³/mol. The van der Waals surface area contributed by atoms with E-state index in [0.717, 1.165) is 55.8 Å². The standard InChI is InChI=1S/C11H18N4O/c1-2-12-7-5-9-10-8(4-3-6-13-10)11(16)15-14-9/h12-13H,2-7H2,1H3,(H,15,16). The third-order valence-electron chi connectivity index (χ3n) is 2.85. The lowest BCUT2D eigenvalue weighted by Gasteiger charge is -2.19. The lowest BCUT2D eigenvalue weighted by molar-refractivity contribution is 0.692. The van der Waals surface area contributed by atoms with Gasteiger partial charge in [0.05, 0.1) is 11.4 Å². The molecule has 1 aromatic rings. The van der Waals surface area contributed by atoms with Crippen molar-refractivity contribution in [1.29, 1.82) is 0 Å². The van der Waals surface area contributed by atoms with Crippen LogP contribution in [0.25, 0.3) is 0 Å². The highest BCUT2D eigenvalue weighted by Crippen LogP contribution is 2.20. The Hall–Kier alpha value is -1.36. The van der Waals surface area contributed by atoms with Crippen LogP contribution in [0.4, 0.5) is 5.69 Å². The van der Waals surface area contributed by atoms with Crippen LogP contribution >= 0.6 is 0 Å². The molecular formula is C11H18N4O. The van der Waals surface area contributed by atoms with Gasteiger partial charge in [0.1, 0.15) is 0 Å². The van der Waals surface area contributed by atoms with Gasteiger partial charge in [0, 0.05) is 25.1 Å². The van der Waals surface area contributed by atoms with Gasteiger partial charge in [-0.1, -0.05) is 6.92 Å². The summed E-state index contributed by atoms with van der Waals surface area (Å²) in [6.07, 6.45) is 2.72. The van der Waals surface area contributed by atoms with Crippen molar-refractivity contribution in [2.45, 2.75) is 26.2 Å². The average Bonchev–Trinajstić information content (AvgIpc) is 2.33. The number of aromatic amines is 1. The van der Waals surface area contributed by atoms with E-state index < -0.39 is 0 Å². The van der Waals surface area contributed by atoms with Crippen molar-refractivity contribution >= 4 is 5.69 Å². The SMILES string of the molecule is CCNCCc1n[nH]c(=O)c2c1NCCC2. The largest absolute Gasteiger partial charge is 0.383 e. The van der Waals surface area contributed by atoms with Crippen LogP contribution in [0.1, 0.15) is 24.6 Å². The summed E-state index contributed by atoms with van der Waals surface area (Å²) in [5.74, 6) is 0. The number of likely N-dealkylation sites (N-methyl/N-ethyl adjacent to an activating group) is 1. The van der Waals surface area contributed by atoms with E-state index in [-0.39, 0.29) is 5.56 Å². The molecule has 1 aliphatic heterocycles. The number of H-pyrrole nitrogens is 1. The van der Waals surface area contributed by atoms with Gasteiger partial charge in [0.25, 0.3) is 5.56 Å². The van der Waals surface area contributed by atoms with Gasteiger partial charge in [-0.25, -0.2) is 5.10 Å². The number of nitrogens with one attached hydrogen (secondary N) is 3. The maximum atomic E-state index is 11.6. The molecule has 0 saturated heterocycles. The lowest BCUT2D eigenvalue weighted by Crippen LogP contribution is -2.26. The first kappa shape index (κ1) is 11.1. The predicted octanol–water partition coefficient (Wildman–Crippen LogP) is 0.280. The Bertz CT molecular complexity index is 413. The Balaban J connectivity index is 2.21. The van der Waals surface area contributed by atoms with Crippen LogP contribution in [-0.2, 0) is 12.8 Å². The molecule has 3 N–H and O–H groups in total. The van der Waals surface area contributed by atoms with Crippen LogP contribution in [-0.4, -0.2) is 29.8 Å². The first-order valence-electron chi connectivity index (χ1n) is 5.88. The summed E-state index contributed by atoms with van der Waals surface area (Å²) in [7, 11) is 0. The average molecular weight is 222 g/mol. The van der Waals surface area contributed by atoms with Crippen LogP contribution < -0.4 is 16.2 Å². The zero-order chi connectivity index (χ0) is 11.4. The van der Waals surface area contributed by atoms with Crippen LogP contribution in [0.5, 0.6) is 0 Å².